The Morgan fingerprint density at radius 3 is 2.55 bits per heavy atom. The number of hydrazone groups is 1. The van der Waals surface area contributed by atoms with Crippen LogP contribution in [0.25, 0.3) is 10.1 Å². The maximum Gasteiger partial charge on any atom is 0.283 e. The summed E-state index contributed by atoms with van der Waals surface area (Å²) in [6.45, 7) is 3.94. The van der Waals surface area contributed by atoms with E-state index in [1.54, 1.807) is 0 Å². The highest BCUT2D eigenvalue weighted by Crippen LogP contribution is 2.36. The summed E-state index contributed by atoms with van der Waals surface area (Å²) in [5.41, 5.74) is 7.02. The minimum Gasteiger partial charge on any atom is -0.266 e. The van der Waals surface area contributed by atoms with Crippen LogP contribution in [0.3, 0.4) is 0 Å². The smallest absolute Gasteiger partial charge is 0.266 e. The van der Waals surface area contributed by atoms with Crippen LogP contribution in [0.15, 0.2) is 47.6 Å². The van der Waals surface area contributed by atoms with E-state index < -0.39 is 0 Å². The molecule has 0 spiro atoms. The topological polar surface area (TPSA) is 41.5 Å². The predicted octanol–water partition coefficient (Wildman–Crippen LogP) is 7.06. The molecule has 1 heterocycles. The quantitative estimate of drug-likeness (QED) is 0.353. The number of hydrogen-bond acceptors (Lipinski definition) is 3. The van der Waals surface area contributed by atoms with E-state index in [-0.39, 0.29) is 5.91 Å². The number of benzene rings is 2. The lowest BCUT2D eigenvalue weighted by Crippen LogP contribution is -2.18. The number of thiophene rings is 1. The first-order valence-corrected chi connectivity index (χ1v) is 11.4. The number of hydrogen-bond donors (Lipinski definition) is 1. The van der Waals surface area contributed by atoms with Gasteiger partial charge >= 0.3 is 0 Å². The van der Waals surface area contributed by atoms with Gasteiger partial charge in [0.05, 0.1) is 10.7 Å². The summed E-state index contributed by atoms with van der Waals surface area (Å²) in [6.07, 6.45) is 6.61. The van der Waals surface area contributed by atoms with Crippen molar-refractivity contribution in [2.75, 3.05) is 0 Å². The first-order valence-electron chi connectivity index (χ1n) is 10.2. The first-order chi connectivity index (χ1) is 14.0. The molecule has 3 nitrogen and oxygen atoms in total. The van der Waals surface area contributed by atoms with Crippen LogP contribution < -0.4 is 5.43 Å². The Morgan fingerprint density at radius 1 is 1.10 bits per heavy atom. The standard InChI is InChI=1S/C24H25ClN2OS/c1-15-8-13-20-21(14-15)29-23(22(20)25)24(28)27-26-16(2)17-9-11-19(12-10-17)18-6-4-3-5-7-18/h8-14,18H,3-7H2,1-2H3,(H,27,28). The normalized spacial score (nSPS) is 15.6. The molecule has 2 aromatic carbocycles. The molecule has 150 valence electrons. The van der Waals surface area contributed by atoms with Gasteiger partial charge in [-0.25, -0.2) is 5.43 Å². The van der Waals surface area contributed by atoms with Gasteiger partial charge in [-0.05, 0) is 55.4 Å². The molecule has 0 bridgehead atoms. The summed E-state index contributed by atoms with van der Waals surface area (Å²) >= 11 is 7.83. The molecule has 0 unspecified atom stereocenters. The molecule has 4 rings (SSSR count). The summed E-state index contributed by atoms with van der Waals surface area (Å²) < 4.78 is 1.01. The Morgan fingerprint density at radius 2 is 1.83 bits per heavy atom. The zero-order valence-electron chi connectivity index (χ0n) is 16.8. The predicted molar refractivity (Wildman–Crippen MR) is 124 cm³/mol. The van der Waals surface area contributed by atoms with Crippen LogP contribution in [-0.4, -0.2) is 11.6 Å². The molecule has 1 aliphatic carbocycles. The van der Waals surface area contributed by atoms with E-state index in [9.17, 15) is 4.79 Å². The van der Waals surface area contributed by atoms with Crippen molar-refractivity contribution < 1.29 is 4.79 Å². The molecular formula is C24H25ClN2OS. The number of nitrogens with one attached hydrogen (secondary N) is 1. The summed E-state index contributed by atoms with van der Waals surface area (Å²) in [4.78, 5) is 13.1. The van der Waals surface area contributed by atoms with Crippen LogP contribution in [-0.2, 0) is 0 Å². The van der Waals surface area contributed by atoms with Crippen LogP contribution in [0.1, 0.15) is 71.3 Å². The van der Waals surface area contributed by atoms with Gasteiger partial charge in [0, 0.05) is 10.1 Å². The highest BCUT2D eigenvalue weighted by molar-refractivity contribution is 7.21. The molecule has 1 N–H and O–H groups in total. The molecule has 0 aliphatic heterocycles. The molecule has 1 amide bonds. The van der Waals surface area contributed by atoms with Gasteiger partial charge in [0.1, 0.15) is 4.88 Å². The number of aryl methyl sites for hydroxylation is 1. The Balaban J connectivity index is 1.47. The summed E-state index contributed by atoms with van der Waals surface area (Å²) in [6, 6.07) is 14.6. The summed E-state index contributed by atoms with van der Waals surface area (Å²) in [5, 5.41) is 5.71. The molecule has 1 aliphatic rings. The van der Waals surface area contributed by atoms with Crippen LogP contribution in [0, 0.1) is 6.92 Å². The van der Waals surface area contributed by atoms with Gasteiger partial charge in [-0.2, -0.15) is 5.10 Å². The molecule has 5 heteroatoms. The average Bonchev–Trinajstić information content (AvgIpc) is 3.08. The zero-order chi connectivity index (χ0) is 20.4. The van der Waals surface area contributed by atoms with Crippen molar-refractivity contribution in [3.63, 3.8) is 0 Å². The number of carbonyl (C=O) groups excluding carboxylic acids is 1. The van der Waals surface area contributed by atoms with Crippen LogP contribution in [0.4, 0.5) is 0 Å². The van der Waals surface area contributed by atoms with Gasteiger partial charge in [0.2, 0.25) is 0 Å². The van der Waals surface area contributed by atoms with Crippen molar-refractivity contribution in [3.8, 4) is 0 Å². The lowest BCUT2D eigenvalue weighted by atomic mass is 9.84. The van der Waals surface area contributed by atoms with Crippen molar-refractivity contribution in [3.05, 3.63) is 69.1 Å². The summed E-state index contributed by atoms with van der Waals surface area (Å²) in [7, 11) is 0. The number of carbonyl (C=O) groups is 1. The fourth-order valence-electron chi connectivity index (χ4n) is 4.00. The van der Waals surface area contributed by atoms with Crippen molar-refractivity contribution in [2.45, 2.75) is 51.9 Å². The van der Waals surface area contributed by atoms with Crippen molar-refractivity contribution >= 4 is 44.6 Å². The van der Waals surface area contributed by atoms with E-state index >= 15 is 0 Å². The third-order valence-corrected chi connectivity index (χ3v) is 7.38. The molecule has 0 atom stereocenters. The fraction of sp³-hybridized carbons (Fsp3) is 0.333. The van der Waals surface area contributed by atoms with Crippen LogP contribution in [0.2, 0.25) is 5.02 Å². The van der Waals surface area contributed by atoms with E-state index in [0.717, 1.165) is 26.9 Å². The Labute approximate surface area is 180 Å². The van der Waals surface area contributed by atoms with Gasteiger partial charge in [-0.1, -0.05) is 67.3 Å². The number of amides is 1. The van der Waals surface area contributed by atoms with E-state index in [1.807, 2.05) is 32.0 Å². The third-order valence-electron chi connectivity index (χ3n) is 5.72. The van der Waals surface area contributed by atoms with Crippen LogP contribution >= 0.6 is 22.9 Å². The maximum atomic E-state index is 12.6. The second kappa shape index (κ2) is 8.68. The largest absolute Gasteiger partial charge is 0.283 e. The molecule has 1 aromatic heterocycles. The van der Waals surface area contributed by atoms with E-state index in [4.69, 9.17) is 11.6 Å². The Bertz CT molecular complexity index is 1060. The minimum absolute atomic E-state index is 0.271. The highest BCUT2D eigenvalue weighted by Gasteiger charge is 2.17. The third kappa shape index (κ3) is 4.39. The Kier molecular flexibility index (Phi) is 6.02. The lowest BCUT2D eigenvalue weighted by Gasteiger charge is -2.22. The lowest BCUT2D eigenvalue weighted by molar-refractivity contribution is 0.0959. The van der Waals surface area contributed by atoms with Crippen molar-refractivity contribution in [1.29, 1.82) is 0 Å². The SMILES string of the molecule is CC(=NNC(=O)c1sc2cc(C)ccc2c1Cl)c1ccc(C2CCCCC2)cc1. The second-order valence-electron chi connectivity index (χ2n) is 7.84. The molecule has 0 saturated heterocycles. The maximum absolute atomic E-state index is 12.6. The van der Waals surface area contributed by atoms with Gasteiger partial charge < -0.3 is 0 Å². The van der Waals surface area contributed by atoms with Crippen LogP contribution in [0.5, 0.6) is 0 Å². The number of fused-ring (bicyclic) bond motifs is 1. The highest BCUT2D eigenvalue weighted by atomic mass is 35.5. The van der Waals surface area contributed by atoms with Crippen molar-refractivity contribution in [2.24, 2.45) is 5.10 Å². The number of rotatable bonds is 4. The van der Waals surface area contributed by atoms with Gasteiger partial charge in [-0.3, -0.25) is 4.79 Å². The van der Waals surface area contributed by atoms with E-state index in [2.05, 4.69) is 34.8 Å². The average molecular weight is 425 g/mol. The van der Waals surface area contributed by atoms with Gasteiger partial charge in [-0.15, -0.1) is 11.3 Å². The summed E-state index contributed by atoms with van der Waals surface area (Å²) in [5.74, 6) is 0.417. The van der Waals surface area contributed by atoms with E-state index in [0.29, 0.717) is 15.8 Å². The second-order valence-corrected chi connectivity index (χ2v) is 9.27. The Hall–Kier alpha value is -2.17. The zero-order valence-corrected chi connectivity index (χ0v) is 18.4. The van der Waals surface area contributed by atoms with E-state index in [1.165, 1.54) is 49.0 Å². The molecular weight excluding hydrogens is 400 g/mol. The van der Waals surface area contributed by atoms with Gasteiger partial charge in [0.25, 0.3) is 5.91 Å². The molecule has 29 heavy (non-hydrogen) atoms. The number of halogens is 1. The first kappa shape index (κ1) is 20.1. The number of nitrogens with zero attached hydrogens (tertiary/aromatic N) is 1. The van der Waals surface area contributed by atoms with Gasteiger partial charge in [0.15, 0.2) is 0 Å². The molecule has 0 radical (unpaired) electrons. The molecule has 3 aromatic rings. The molecule has 1 saturated carbocycles. The fourth-order valence-corrected chi connectivity index (χ4v) is 5.51. The van der Waals surface area contributed by atoms with Crippen molar-refractivity contribution in [1.82, 2.24) is 5.43 Å². The molecule has 1 fully saturated rings. The minimum atomic E-state index is -0.271. The monoisotopic (exact) mass is 424 g/mol.